The maximum absolute atomic E-state index is 13.4. The fourth-order valence-electron chi connectivity index (χ4n) is 3.56. The number of carbonyl (C=O) groups is 2. The van der Waals surface area contributed by atoms with Gasteiger partial charge >= 0.3 is 0 Å². The second kappa shape index (κ2) is 8.36. The minimum atomic E-state index is -0.377. The van der Waals surface area contributed by atoms with Gasteiger partial charge in [0, 0.05) is 16.9 Å². The van der Waals surface area contributed by atoms with Gasteiger partial charge in [-0.1, -0.05) is 35.9 Å². The number of benzene rings is 2. The first-order valence-electron chi connectivity index (χ1n) is 9.96. The molecule has 31 heavy (non-hydrogen) atoms. The third-order valence-corrected chi connectivity index (χ3v) is 5.69. The third kappa shape index (κ3) is 4.09. The number of imide groups is 1. The summed E-state index contributed by atoms with van der Waals surface area (Å²) >= 11 is 6.08. The number of aryl methyl sites for hydroxylation is 3. The number of amides is 2. The van der Waals surface area contributed by atoms with Crippen LogP contribution < -0.4 is 5.32 Å². The van der Waals surface area contributed by atoms with Crippen molar-refractivity contribution >= 4 is 34.7 Å². The van der Waals surface area contributed by atoms with E-state index >= 15 is 0 Å². The van der Waals surface area contributed by atoms with Crippen LogP contribution in [-0.2, 0) is 16.1 Å². The molecule has 2 aromatic carbocycles. The summed E-state index contributed by atoms with van der Waals surface area (Å²) in [6, 6.07) is 16.6. The van der Waals surface area contributed by atoms with Gasteiger partial charge in [0.2, 0.25) is 0 Å². The second-order valence-corrected chi connectivity index (χ2v) is 8.09. The number of anilines is 1. The molecule has 1 aliphatic heterocycles. The molecule has 0 saturated heterocycles. The molecule has 3 aromatic rings. The lowest BCUT2D eigenvalue weighted by Gasteiger charge is -2.15. The summed E-state index contributed by atoms with van der Waals surface area (Å²) < 4.78 is 0. The summed E-state index contributed by atoms with van der Waals surface area (Å²) in [7, 11) is 0. The lowest BCUT2D eigenvalue weighted by Crippen LogP contribution is -2.32. The van der Waals surface area contributed by atoms with Crippen molar-refractivity contribution in [1.29, 1.82) is 0 Å². The number of aromatic nitrogens is 1. The molecule has 5 nitrogen and oxygen atoms in total. The summed E-state index contributed by atoms with van der Waals surface area (Å²) in [5.74, 6) is -0.716. The van der Waals surface area contributed by atoms with E-state index in [2.05, 4.69) is 10.3 Å². The van der Waals surface area contributed by atoms with Crippen molar-refractivity contribution in [2.75, 3.05) is 5.32 Å². The van der Waals surface area contributed by atoms with E-state index in [0.717, 1.165) is 22.4 Å². The standard InChI is InChI=1S/C25H22ClN3O2/c1-15-7-8-18(12-16(15)2)22-23(28-21-10-9-19(26)13-17(21)3)25(31)29(24(22)30)14-20-6-4-5-11-27-20/h4-13,28H,14H2,1-3H3. The van der Waals surface area contributed by atoms with Crippen molar-refractivity contribution in [3.63, 3.8) is 0 Å². The summed E-state index contributed by atoms with van der Waals surface area (Å²) in [5, 5.41) is 3.81. The molecule has 1 aromatic heterocycles. The van der Waals surface area contributed by atoms with E-state index in [-0.39, 0.29) is 24.1 Å². The Morgan fingerprint density at radius 2 is 1.71 bits per heavy atom. The molecule has 0 unspecified atom stereocenters. The number of hydrogen-bond acceptors (Lipinski definition) is 4. The molecule has 0 spiro atoms. The average molecular weight is 432 g/mol. The second-order valence-electron chi connectivity index (χ2n) is 7.65. The van der Waals surface area contributed by atoms with Crippen molar-refractivity contribution in [1.82, 2.24) is 9.88 Å². The minimum Gasteiger partial charge on any atom is -0.350 e. The van der Waals surface area contributed by atoms with E-state index in [1.807, 2.05) is 57.2 Å². The number of rotatable bonds is 5. The predicted octanol–water partition coefficient (Wildman–Crippen LogP) is 5.05. The van der Waals surface area contributed by atoms with Crippen molar-refractivity contribution in [2.45, 2.75) is 27.3 Å². The highest BCUT2D eigenvalue weighted by atomic mass is 35.5. The van der Waals surface area contributed by atoms with Gasteiger partial charge in [-0.25, -0.2) is 0 Å². The number of carbonyl (C=O) groups excluding carboxylic acids is 2. The summed E-state index contributed by atoms with van der Waals surface area (Å²) in [6.45, 7) is 6.01. The fourth-order valence-corrected chi connectivity index (χ4v) is 3.78. The van der Waals surface area contributed by atoms with Crippen molar-refractivity contribution in [2.24, 2.45) is 0 Å². The summed E-state index contributed by atoms with van der Waals surface area (Å²) in [6.07, 6.45) is 1.65. The van der Waals surface area contributed by atoms with Crippen LogP contribution in [0.15, 0.2) is 66.5 Å². The SMILES string of the molecule is Cc1ccc(C2=C(Nc3ccc(Cl)cc3C)C(=O)N(Cc3ccccn3)C2=O)cc1C. The highest BCUT2D eigenvalue weighted by molar-refractivity contribution is 6.36. The molecule has 1 aliphatic rings. The fraction of sp³-hybridized carbons (Fsp3) is 0.160. The number of nitrogens with zero attached hydrogens (tertiary/aromatic N) is 2. The number of pyridine rings is 1. The molecule has 0 fully saturated rings. The quantitative estimate of drug-likeness (QED) is 0.574. The van der Waals surface area contributed by atoms with Crippen molar-refractivity contribution < 1.29 is 9.59 Å². The first-order valence-corrected chi connectivity index (χ1v) is 10.3. The third-order valence-electron chi connectivity index (χ3n) is 5.46. The van der Waals surface area contributed by atoms with Gasteiger partial charge in [-0.2, -0.15) is 0 Å². The van der Waals surface area contributed by atoms with Crippen LogP contribution in [-0.4, -0.2) is 21.7 Å². The van der Waals surface area contributed by atoms with Crippen molar-refractivity contribution in [3.8, 4) is 0 Å². The molecule has 0 saturated carbocycles. The Hall–Kier alpha value is -3.44. The molecule has 6 heteroatoms. The molecular formula is C25H22ClN3O2. The molecule has 4 rings (SSSR count). The normalized spacial score (nSPS) is 13.9. The molecule has 0 radical (unpaired) electrons. The molecule has 1 N–H and O–H groups in total. The van der Waals surface area contributed by atoms with E-state index < -0.39 is 0 Å². The largest absolute Gasteiger partial charge is 0.350 e. The van der Waals surface area contributed by atoms with Crippen LogP contribution in [0.3, 0.4) is 0 Å². The number of hydrogen-bond donors (Lipinski definition) is 1. The lowest BCUT2D eigenvalue weighted by molar-refractivity contribution is -0.137. The Kier molecular flexibility index (Phi) is 5.61. The van der Waals surface area contributed by atoms with Gasteiger partial charge in [0.15, 0.2) is 0 Å². The van der Waals surface area contributed by atoms with E-state index in [4.69, 9.17) is 11.6 Å². The number of nitrogens with one attached hydrogen (secondary N) is 1. The first-order chi connectivity index (χ1) is 14.8. The topological polar surface area (TPSA) is 62.3 Å². The van der Waals surface area contributed by atoms with Gasteiger partial charge in [-0.15, -0.1) is 0 Å². The van der Waals surface area contributed by atoms with Gasteiger partial charge in [-0.3, -0.25) is 19.5 Å². The maximum atomic E-state index is 13.4. The molecule has 0 atom stereocenters. The molecule has 156 valence electrons. The maximum Gasteiger partial charge on any atom is 0.278 e. The van der Waals surface area contributed by atoms with Crippen molar-refractivity contribution in [3.05, 3.63) is 99.5 Å². The smallest absolute Gasteiger partial charge is 0.278 e. The Bertz CT molecular complexity index is 1220. The zero-order valence-corrected chi connectivity index (χ0v) is 18.3. The predicted molar refractivity (Wildman–Crippen MR) is 122 cm³/mol. The molecule has 2 heterocycles. The zero-order chi connectivity index (χ0) is 22.1. The summed E-state index contributed by atoms with van der Waals surface area (Å²) in [5.41, 5.74) is 5.74. The van der Waals surface area contributed by atoms with Gasteiger partial charge < -0.3 is 5.32 Å². The van der Waals surface area contributed by atoms with E-state index in [1.165, 1.54) is 4.90 Å². The Labute approximate surface area is 186 Å². The highest BCUT2D eigenvalue weighted by Gasteiger charge is 2.39. The number of halogens is 1. The Morgan fingerprint density at radius 1 is 0.903 bits per heavy atom. The van der Waals surface area contributed by atoms with E-state index in [9.17, 15) is 9.59 Å². The molecule has 0 bridgehead atoms. The average Bonchev–Trinajstić information content (AvgIpc) is 2.97. The van der Waals surface area contributed by atoms with Crippen LogP contribution in [0.2, 0.25) is 5.02 Å². The van der Waals surface area contributed by atoms with Crippen LogP contribution >= 0.6 is 11.6 Å². The van der Waals surface area contributed by atoms with Crippen LogP contribution in [0.1, 0.15) is 27.9 Å². The van der Waals surface area contributed by atoms with Crippen LogP contribution in [0, 0.1) is 20.8 Å². The minimum absolute atomic E-state index is 0.109. The van der Waals surface area contributed by atoms with Gasteiger partial charge in [-0.05, 0) is 73.4 Å². The summed E-state index contributed by atoms with van der Waals surface area (Å²) in [4.78, 5) is 32.3. The van der Waals surface area contributed by atoms with Gasteiger partial charge in [0.1, 0.15) is 5.70 Å². The highest BCUT2D eigenvalue weighted by Crippen LogP contribution is 2.33. The Morgan fingerprint density at radius 3 is 2.39 bits per heavy atom. The lowest BCUT2D eigenvalue weighted by atomic mass is 9.99. The van der Waals surface area contributed by atoms with Gasteiger partial charge in [0.25, 0.3) is 11.8 Å². The Balaban J connectivity index is 1.79. The zero-order valence-electron chi connectivity index (χ0n) is 17.6. The van der Waals surface area contributed by atoms with E-state index in [0.29, 0.717) is 21.9 Å². The molecule has 0 aliphatic carbocycles. The van der Waals surface area contributed by atoms with Gasteiger partial charge in [0.05, 0.1) is 17.8 Å². The molecule has 2 amide bonds. The van der Waals surface area contributed by atoms with Crippen LogP contribution in [0.5, 0.6) is 0 Å². The van der Waals surface area contributed by atoms with E-state index in [1.54, 1.807) is 24.4 Å². The van der Waals surface area contributed by atoms with Crippen LogP contribution in [0.25, 0.3) is 5.57 Å². The van der Waals surface area contributed by atoms with Crippen LogP contribution in [0.4, 0.5) is 5.69 Å². The first kappa shape index (κ1) is 20.8. The monoisotopic (exact) mass is 431 g/mol. The molecular weight excluding hydrogens is 410 g/mol.